The van der Waals surface area contributed by atoms with Crippen molar-refractivity contribution in [3.8, 4) is 0 Å². The van der Waals surface area contributed by atoms with Crippen LogP contribution >= 0.6 is 11.6 Å². The number of benzene rings is 2. The Bertz CT molecular complexity index is 1500. The molecule has 0 aliphatic carbocycles. The first-order chi connectivity index (χ1) is 16.1. The molecule has 1 aliphatic rings. The van der Waals surface area contributed by atoms with Crippen LogP contribution in [0.5, 0.6) is 0 Å². The van der Waals surface area contributed by atoms with Crippen LogP contribution in [0.4, 0.5) is 0 Å². The van der Waals surface area contributed by atoms with Gasteiger partial charge in [-0.3, -0.25) is 4.79 Å². The minimum absolute atomic E-state index is 0.161. The van der Waals surface area contributed by atoms with Gasteiger partial charge in [-0.15, -0.1) is 0 Å². The number of nitrogens with zero attached hydrogens (tertiary/aromatic N) is 4. The first-order valence-electron chi connectivity index (χ1n) is 10.9. The summed E-state index contributed by atoms with van der Waals surface area (Å²) in [6.07, 6.45) is 3.29. The number of rotatable bonds is 4. The van der Waals surface area contributed by atoms with Crippen molar-refractivity contribution in [2.24, 2.45) is 19.1 Å². The molecule has 1 unspecified atom stereocenters. The van der Waals surface area contributed by atoms with Crippen molar-refractivity contribution in [3.05, 3.63) is 98.8 Å². The van der Waals surface area contributed by atoms with Crippen molar-refractivity contribution < 1.29 is 9.84 Å². The zero-order chi connectivity index (χ0) is 24.3. The van der Waals surface area contributed by atoms with Crippen LogP contribution < -0.4 is 5.56 Å². The molecule has 0 saturated heterocycles. The van der Waals surface area contributed by atoms with Crippen LogP contribution in [0.1, 0.15) is 36.2 Å². The van der Waals surface area contributed by atoms with Gasteiger partial charge in [0.2, 0.25) is 5.90 Å². The molecule has 1 aliphatic heterocycles. The van der Waals surface area contributed by atoms with Crippen molar-refractivity contribution in [2.45, 2.75) is 25.0 Å². The van der Waals surface area contributed by atoms with Crippen LogP contribution in [0.3, 0.4) is 0 Å². The molecule has 0 saturated carbocycles. The summed E-state index contributed by atoms with van der Waals surface area (Å²) < 4.78 is 9.25. The van der Waals surface area contributed by atoms with Gasteiger partial charge >= 0.3 is 0 Å². The average molecular weight is 477 g/mol. The standard InChI is InChI=1S/C26H25ClN4O3/c1-25(2)14-34-24(29-25)20-12-23(32)31(4)21-10-7-17(11-19(20)21)26(33,22-13-28-15-30(22)3)16-5-8-18(27)9-6-16/h5-13,15,33H,14H2,1-4H3. The maximum Gasteiger partial charge on any atom is 0.251 e. The lowest BCUT2D eigenvalue weighted by Gasteiger charge is -2.30. The van der Waals surface area contributed by atoms with Crippen molar-refractivity contribution in [3.63, 3.8) is 0 Å². The fourth-order valence-electron chi connectivity index (χ4n) is 4.44. The molecule has 1 atom stereocenters. The fraction of sp³-hybridized carbons (Fsp3) is 0.269. The highest BCUT2D eigenvalue weighted by Crippen LogP contribution is 2.38. The highest BCUT2D eigenvalue weighted by Gasteiger charge is 2.37. The molecule has 0 spiro atoms. The predicted octanol–water partition coefficient (Wildman–Crippen LogP) is 3.77. The predicted molar refractivity (Wildman–Crippen MR) is 133 cm³/mol. The Morgan fingerprint density at radius 2 is 1.79 bits per heavy atom. The Labute approximate surface area is 201 Å². The first-order valence-corrected chi connectivity index (χ1v) is 11.3. The molecule has 3 heterocycles. The monoisotopic (exact) mass is 476 g/mol. The van der Waals surface area contributed by atoms with Gasteiger partial charge in [0.15, 0.2) is 5.60 Å². The summed E-state index contributed by atoms with van der Waals surface area (Å²) in [4.78, 5) is 21.6. The van der Waals surface area contributed by atoms with Gasteiger partial charge in [0.25, 0.3) is 5.56 Å². The molecule has 7 nitrogen and oxygen atoms in total. The van der Waals surface area contributed by atoms with Gasteiger partial charge in [-0.05, 0) is 49.2 Å². The Kier molecular flexibility index (Phi) is 5.15. The van der Waals surface area contributed by atoms with Gasteiger partial charge in [0.05, 0.1) is 34.8 Å². The number of ether oxygens (including phenoxy) is 1. The summed E-state index contributed by atoms with van der Waals surface area (Å²) in [6, 6.07) is 14.2. The molecule has 34 heavy (non-hydrogen) atoms. The number of aromatic nitrogens is 3. The van der Waals surface area contributed by atoms with E-state index in [9.17, 15) is 9.90 Å². The minimum atomic E-state index is -1.52. The number of hydrogen-bond donors (Lipinski definition) is 1. The Morgan fingerprint density at radius 1 is 1.09 bits per heavy atom. The molecule has 8 heteroatoms. The number of aliphatic hydroxyl groups is 1. The van der Waals surface area contributed by atoms with Crippen molar-refractivity contribution in [2.75, 3.05) is 6.61 Å². The number of aryl methyl sites for hydroxylation is 2. The number of pyridine rings is 1. The van der Waals surface area contributed by atoms with E-state index in [2.05, 4.69) is 4.98 Å². The van der Waals surface area contributed by atoms with Crippen LogP contribution in [-0.2, 0) is 24.4 Å². The Morgan fingerprint density at radius 3 is 2.41 bits per heavy atom. The quantitative estimate of drug-likeness (QED) is 0.486. The third kappa shape index (κ3) is 3.52. The van der Waals surface area contributed by atoms with E-state index < -0.39 is 5.60 Å². The second kappa shape index (κ2) is 7.82. The smallest absolute Gasteiger partial charge is 0.251 e. The fourth-order valence-corrected chi connectivity index (χ4v) is 4.57. The van der Waals surface area contributed by atoms with Crippen LogP contribution in [0.2, 0.25) is 5.02 Å². The topological polar surface area (TPSA) is 81.6 Å². The maximum atomic E-state index is 12.7. The molecule has 0 amide bonds. The van der Waals surface area contributed by atoms with E-state index in [1.807, 2.05) is 39.1 Å². The summed E-state index contributed by atoms with van der Waals surface area (Å²) >= 11 is 6.13. The molecule has 4 aromatic rings. The van der Waals surface area contributed by atoms with Crippen LogP contribution in [0.15, 0.2) is 70.8 Å². The van der Waals surface area contributed by atoms with Gasteiger partial charge in [-0.25, -0.2) is 9.98 Å². The number of hydrogen-bond acceptors (Lipinski definition) is 5. The van der Waals surface area contributed by atoms with Crippen LogP contribution in [0.25, 0.3) is 10.9 Å². The van der Waals surface area contributed by atoms with E-state index in [1.165, 1.54) is 6.07 Å². The number of fused-ring (bicyclic) bond motifs is 1. The minimum Gasteiger partial charge on any atom is -0.475 e. The van der Waals surface area contributed by atoms with Crippen LogP contribution in [0, 0.1) is 0 Å². The molecular formula is C26H25ClN4O3. The zero-order valence-corrected chi connectivity index (χ0v) is 20.2. The van der Waals surface area contributed by atoms with Gasteiger partial charge in [0.1, 0.15) is 6.61 Å². The van der Waals surface area contributed by atoms with E-state index in [0.29, 0.717) is 45.4 Å². The Balaban J connectivity index is 1.81. The second-order valence-corrected chi connectivity index (χ2v) is 9.75. The Hall–Kier alpha value is -3.42. The average Bonchev–Trinajstić information content (AvgIpc) is 3.40. The number of halogens is 1. The molecular weight excluding hydrogens is 452 g/mol. The summed E-state index contributed by atoms with van der Waals surface area (Å²) in [7, 11) is 3.56. The summed E-state index contributed by atoms with van der Waals surface area (Å²) in [5.41, 5.74) is 1.11. The summed E-state index contributed by atoms with van der Waals surface area (Å²) in [6.45, 7) is 4.40. The molecule has 2 aromatic carbocycles. The van der Waals surface area contributed by atoms with E-state index in [1.54, 1.807) is 53.0 Å². The molecule has 5 rings (SSSR count). The lowest BCUT2D eigenvalue weighted by molar-refractivity contribution is 0.117. The van der Waals surface area contributed by atoms with Gasteiger partial charge in [-0.2, -0.15) is 0 Å². The molecule has 2 aromatic heterocycles. The van der Waals surface area contributed by atoms with E-state index in [4.69, 9.17) is 21.3 Å². The van der Waals surface area contributed by atoms with E-state index >= 15 is 0 Å². The molecule has 0 fully saturated rings. The molecule has 0 bridgehead atoms. The third-order valence-corrected chi connectivity index (χ3v) is 6.56. The first kappa shape index (κ1) is 22.4. The maximum absolute atomic E-state index is 12.7. The molecule has 174 valence electrons. The number of imidazole rings is 1. The summed E-state index contributed by atoms with van der Waals surface area (Å²) in [5.74, 6) is 0.431. The third-order valence-electron chi connectivity index (χ3n) is 6.31. The molecule has 1 N–H and O–H groups in total. The highest BCUT2D eigenvalue weighted by atomic mass is 35.5. The SMILES string of the molecule is Cn1cncc1C(O)(c1ccc(Cl)cc1)c1ccc2c(c1)c(C1=NC(C)(C)CO1)cc(=O)n2C. The second-order valence-electron chi connectivity index (χ2n) is 9.31. The molecule has 0 radical (unpaired) electrons. The van der Waals surface area contributed by atoms with Crippen molar-refractivity contribution in [1.29, 1.82) is 0 Å². The van der Waals surface area contributed by atoms with Gasteiger partial charge in [-0.1, -0.05) is 29.8 Å². The largest absolute Gasteiger partial charge is 0.475 e. The van der Waals surface area contributed by atoms with E-state index in [-0.39, 0.29) is 11.1 Å². The van der Waals surface area contributed by atoms with Gasteiger partial charge in [0, 0.05) is 30.6 Å². The van der Waals surface area contributed by atoms with E-state index in [0.717, 1.165) is 5.39 Å². The van der Waals surface area contributed by atoms with Crippen molar-refractivity contribution >= 4 is 28.4 Å². The van der Waals surface area contributed by atoms with Crippen molar-refractivity contribution in [1.82, 2.24) is 14.1 Å². The normalized spacial score (nSPS) is 16.8. The zero-order valence-electron chi connectivity index (χ0n) is 19.4. The lowest BCUT2D eigenvalue weighted by Crippen LogP contribution is -2.31. The van der Waals surface area contributed by atoms with Crippen LogP contribution in [-0.4, -0.2) is 37.3 Å². The highest BCUT2D eigenvalue weighted by molar-refractivity contribution is 6.30. The van der Waals surface area contributed by atoms with Gasteiger partial charge < -0.3 is 19.0 Å². The number of aliphatic imine (C=N–C) groups is 1. The summed E-state index contributed by atoms with van der Waals surface area (Å²) in [5, 5.41) is 13.6. The lowest BCUT2D eigenvalue weighted by atomic mass is 9.82.